The first-order chi connectivity index (χ1) is 11.3. The summed E-state index contributed by atoms with van der Waals surface area (Å²) in [6, 6.07) is 8.59. The summed E-state index contributed by atoms with van der Waals surface area (Å²) in [5.41, 5.74) is 5.46. The first kappa shape index (κ1) is 18.9. The van der Waals surface area contributed by atoms with Crippen molar-refractivity contribution in [2.45, 2.75) is 49.8 Å². The van der Waals surface area contributed by atoms with E-state index in [9.17, 15) is 13.2 Å². The molecule has 5 nitrogen and oxygen atoms in total. The van der Waals surface area contributed by atoms with E-state index in [4.69, 9.17) is 5.73 Å². The Morgan fingerprint density at radius 2 is 1.92 bits per heavy atom. The molecule has 0 bridgehead atoms. The second kappa shape index (κ2) is 8.12. The second-order valence-corrected chi connectivity index (χ2v) is 9.13. The van der Waals surface area contributed by atoms with Crippen molar-refractivity contribution in [2.75, 3.05) is 13.1 Å². The van der Waals surface area contributed by atoms with Gasteiger partial charge in [0, 0.05) is 6.54 Å². The van der Waals surface area contributed by atoms with E-state index in [2.05, 4.69) is 13.8 Å². The third-order valence-corrected chi connectivity index (χ3v) is 6.86. The number of sulfone groups is 1. The first-order valence-corrected chi connectivity index (χ1v) is 10.2. The zero-order valence-electron chi connectivity index (χ0n) is 14.5. The summed E-state index contributed by atoms with van der Waals surface area (Å²) in [4.78, 5) is 13.8. The number of likely N-dealkylation sites (tertiary alicyclic amines) is 1. The molecule has 0 aliphatic carbocycles. The number of piperidine rings is 1. The zero-order valence-corrected chi connectivity index (χ0v) is 15.3. The van der Waals surface area contributed by atoms with Gasteiger partial charge in [-0.25, -0.2) is 8.42 Å². The number of hydrogen-bond donors (Lipinski definition) is 1. The van der Waals surface area contributed by atoms with E-state index < -0.39 is 15.2 Å². The SMILES string of the molecule is CC(C)CCC(N1CCCC(C(N)=O)C1)S(=O)(=O)c1ccccc1. The van der Waals surface area contributed by atoms with Crippen LogP contribution in [0.2, 0.25) is 0 Å². The molecule has 134 valence electrons. The highest BCUT2D eigenvalue weighted by molar-refractivity contribution is 7.92. The van der Waals surface area contributed by atoms with Gasteiger partial charge in [-0.1, -0.05) is 32.0 Å². The molecule has 2 unspecified atom stereocenters. The highest BCUT2D eigenvalue weighted by atomic mass is 32.2. The van der Waals surface area contributed by atoms with E-state index in [0.717, 1.165) is 19.3 Å². The number of rotatable bonds is 7. The average Bonchev–Trinajstić information content (AvgIpc) is 2.55. The smallest absolute Gasteiger partial charge is 0.221 e. The number of nitrogens with two attached hydrogens (primary N) is 1. The normalized spacial score (nSPS) is 20.9. The van der Waals surface area contributed by atoms with Gasteiger partial charge in [-0.2, -0.15) is 0 Å². The van der Waals surface area contributed by atoms with Crippen molar-refractivity contribution in [1.29, 1.82) is 0 Å². The number of amides is 1. The molecule has 0 aromatic heterocycles. The lowest BCUT2D eigenvalue weighted by atomic mass is 9.97. The second-order valence-electron chi connectivity index (χ2n) is 7.02. The third kappa shape index (κ3) is 4.57. The Morgan fingerprint density at radius 1 is 1.25 bits per heavy atom. The lowest BCUT2D eigenvalue weighted by molar-refractivity contribution is -0.123. The Bertz CT molecular complexity index is 643. The van der Waals surface area contributed by atoms with Gasteiger partial charge in [0.05, 0.1) is 10.8 Å². The van der Waals surface area contributed by atoms with Gasteiger partial charge < -0.3 is 5.73 Å². The predicted molar refractivity (Wildman–Crippen MR) is 95.0 cm³/mol. The summed E-state index contributed by atoms with van der Waals surface area (Å²) >= 11 is 0. The fourth-order valence-corrected chi connectivity index (χ4v) is 5.16. The highest BCUT2D eigenvalue weighted by Crippen LogP contribution is 2.28. The Labute approximate surface area is 145 Å². The van der Waals surface area contributed by atoms with Crippen molar-refractivity contribution < 1.29 is 13.2 Å². The molecule has 1 aliphatic rings. The van der Waals surface area contributed by atoms with Gasteiger partial charge in [0.2, 0.25) is 5.91 Å². The minimum atomic E-state index is -3.47. The van der Waals surface area contributed by atoms with Crippen LogP contribution < -0.4 is 5.73 Å². The van der Waals surface area contributed by atoms with Crippen LogP contribution >= 0.6 is 0 Å². The number of carbonyl (C=O) groups excluding carboxylic acids is 1. The van der Waals surface area contributed by atoms with Crippen LogP contribution in [0.5, 0.6) is 0 Å². The molecule has 0 saturated carbocycles. The van der Waals surface area contributed by atoms with Crippen molar-refractivity contribution in [3.05, 3.63) is 30.3 Å². The molecule has 0 radical (unpaired) electrons. The van der Waals surface area contributed by atoms with Gasteiger partial charge in [-0.15, -0.1) is 0 Å². The van der Waals surface area contributed by atoms with Crippen LogP contribution in [0.4, 0.5) is 0 Å². The van der Waals surface area contributed by atoms with Crippen molar-refractivity contribution >= 4 is 15.7 Å². The molecule has 1 aromatic carbocycles. The summed E-state index contributed by atoms with van der Waals surface area (Å²) in [6.45, 7) is 5.31. The van der Waals surface area contributed by atoms with Crippen molar-refractivity contribution in [1.82, 2.24) is 4.90 Å². The van der Waals surface area contributed by atoms with Crippen LogP contribution in [0.25, 0.3) is 0 Å². The standard InChI is InChI=1S/C18H28N2O3S/c1-14(2)10-11-17(20-12-6-7-15(13-20)18(19)21)24(22,23)16-8-4-3-5-9-16/h3-5,8-9,14-15,17H,6-7,10-13H2,1-2H3,(H2,19,21). The Hall–Kier alpha value is -1.40. The van der Waals surface area contributed by atoms with Crippen LogP contribution in [-0.2, 0) is 14.6 Å². The maximum absolute atomic E-state index is 13.2. The molecular weight excluding hydrogens is 324 g/mol. The van der Waals surface area contributed by atoms with Crippen molar-refractivity contribution in [3.8, 4) is 0 Å². The van der Waals surface area contributed by atoms with E-state index in [0.29, 0.717) is 30.3 Å². The van der Waals surface area contributed by atoms with E-state index in [1.807, 2.05) is 11.0 Å². The molecule has 2 atom stereocenters. The topological polar surface area (TPSA) is 80.5 Å². The largest absolute Gasteiger partial charge is 0.369 e. The fraction of sp³-hybridized carbons (Fsp3) is 0.611. The number of carbonyl (C=O) groups is 1. The van der Waals surface area contributed by atoms with Gasteiger partial charge in [-0.3, -0.25) is 9.69 Å². The number of benzene rings is 1. The van der Waals surface area contributed by atoms with Crippen LogP contribution in [0.15, 0.2) is 35.2 Å². The molecule has 1 aromatic rings. The van der Waals surface area contributed by atoms with Gasteiger partial charge in [0.1, 0.15) is 5.37 Å². The lowest BCUT2D eigenvalue weighted by Crippen LogP contribution is -2.49. The van der Waals surface area contributed by atoms with Crippen LogP contribution in [0, 0.1) is 11.8 Å². The summed E-state index contributed by atoms with van der Waals surface area (Å²) < 4.78 is 26.3. The van der Waals surface area contributed by atoms with E-state index in [-0.39, 0.29) is 11.8 Å². The fourth-order valence-electron chi connectivity index (χ4n) is 3.28. The number of primary amides is 1. The molecule has 0 spiro atoms. The third-order valence-electron chi connectivity index (χ3n) is 4.68. The number of nitrogens with zero attached hydrogens (tertiary/aromatic N) is 1. The van der Waals surface area contributed by atoms with Crippen LogP contribution in [0.1, 0.15) is 39.5 Å². The van der Waals surface area contributed by atoms with Crippen LogP contribution in [-0.4, -0.2) is 37.7 Å². The van der Waals surface area contributed by atoms with Crippen molar-refractivity contribution in [2.24, 2.45) is 17.6 Å². The summed E-state index contributed by atoms with van der Waals surface area (Å²) in [5, 5.41) is -0.593. The maximum Gasteiger partial charge on any atom is 0.221 e. The molecule has 1 heterocycles. The van der Waals surface area contributed by atoms with E-state index in [1.54, 1.807) is 24.3 Å². The molecule has 1 saturated heterocycles. The minimum Gasteiger partial charge on any atom is -0.369 e. The average molecular weight is 353 g/mol. The predicted octanol–water partition coefficient (Wildman–Crippen LogP) is 2.42. The monoisotopic (exact) mass is 352 g/mol. The molecule has 2 N–H and O–H groups in total. The quantitative estimate of drug-likeness (QED) is 0.817. The Balaban J connectivity index is 2.29. The molecule has 2 rings (SSSR count). The van der Waals surface area contributed by atoms with E-state index in [1.165, 1.54) is 0 Å². The highest BCUT2D eigenvalue weighted by Gasteiger charge is 2.36. The van der Waals surface area contributed by atoms with Gasteiger partial charge >= 0.3 is 0 Å². The molecule has 6 heteroatoms. The van der Waals surface area contributed by atoms with E-state index >= 15 is 0 Å². The van der Waals surface area contributed by atoms with Gasteiger partial charge in [0.15, 0.2) is 9.84 Å². The zero-order chi connectivity index (χ0) is 17.7. The molecule has 1 amide bonds. The molecule has 1 aliphatic heterocycles. The molecule has 24 heavy (non-hydrogen) atoms. The summed E-state index contributed by atoms with van der Waals surface area (Å²) in [5.74, 6) is -0.166. The Morgan fingerprint density at radius 3 is 2.50 bits per heavy atom. The minimum absolute atomic E-state index is 0.258. The lowest BCUT2D eigenvalue weighted by Gasteiger charge is -2.37. The first-order valence-electron chi connectivity index (χ1n) is 8.64. The van der Waals surface area contributed by atoms with Gasteiger partial charge in [-0.05, 0) is 50.3 Å². The molecular formula is C18H28N2O3S. The van der Waals surface area contributed by atoms with Gasteiger partial charge in [0.25, 0.3) is 0 Å². The maximum atomic E-state index is 13.2. The van der Waals surface area contributed by atoms with Crippen molar-refractivity contribution in [3.63, 3.8) is 0 Å². The molecule has 1 fully saturated rings. The summed E-state index contributed by atoms with van der Waals surface area (Å²) in [6.07, 6.45) is 2.94. The summed E-state index contributed by atoms with van der Waals surface area (Å²) in [7, 11) is -3.47. The van der Waals surface area contributed by atoms with Crippen LogP contribution in [0.3, 0.4) is 0 Å². The number of hydrogen-bond acceptors (Lipinski definition) is 4. The Kier molecular flexibility index (Phi) is 6.40.